The molecule has 2 aromatic carbocycles. The lowest BCUT2D eigenvalue weighted by Crippen LogP contribution is -3.01. The van der Waals surface area contributed by atoms with Crippen molar-refractivity contribution in [2.24, 2.45) is 0 Å². The first-order chi connectivity index (χ1) is 7.42. The SMILES string of the molecule is CC[NH+](c1ccccc1)c1ccccc1.[Cl-]. The normalized spacial score (nSPS) is 9.88. The largest absolute Gasteiger partial charge is 1.00 e. The molecular formula is C14H16ClN. The predicted octanol–water partition coefficient (Wildman–Crippen LogP) is -0.441. The van der Waals surface area contributed by atoms with Gasteiger partial charge in [0.15, 0.2) is 0 Å². The van der Waals surface area contributed by atoms with Gasteiger partial charge in [0.2, 0.25) is 0 Å². The van der Waals surface area contributed by atoms with Crippen molar-refractivity contribution in [1.29, 1.82) is 0 Å². The van der Waals surface area contributed by atoms with Gasteiger partial charge in [0.25, 0.3) is 0 Å². The predicted molar refractivity (Wildman–Crippen MR) is 63.7 cm³/mol. The summed E-state index contributed by atoms with van der Waals surface area (Å²) in [6.07, 6.45) is 0. The van der Waals surface area contributed by atoms with Gasteiger partial charge in [0.1, 0.15) is 11.4 Å². The van der Waals surface area contributed by atoms with Gasteiger partial charge in [-0.25, -0.2) is 0 Å². The Morgan fingerprint density at radius 1 is 0.750 bits per heavy atom. The van der Waals surface area contributed by atoms with Crippen LogP contribution in [0.4, 0.5) is 11.4 Å². The summed E-state index contributed by atoms with van der Waals surface area (Å²) in [6.45, 7) is 3.27. The maximum atomic E-state index is 2.20. The van der Waals surface area contributed by atoms with Gasteiger partial charge in [-0.15, -0.1) is 0 Å². The van der Waals surface area contributed by atoms with Crippen LogP contribution in [0.5, 0.6) is 0 Å². The molecule has 16 heavy (non-hydrogen) atoms. The van der Waals surface area contributed by atoms with Crippen molar-refractivity contribution in [2.45, 2.75) is 6.92 Å². The minimum Gasteiger partial charge on any atom is -1.00 e. The van der Waals surface area contributed by atoms with Crippen LogP contribution in [0.1, 0.15) is 6.92 Å². The third-order valence-corrected chi connectivity index (χ3v) is 2.60. The molecule has 0 unspecified atom stereocenters. The summed E-state index contributed by atoms with van der Waals surface area (Å²) in [4.78, 5) is 1.41. The van der Waals surface area contributed by atoms with Crippen LogP contribution in [0.3, 0.4) is 0 Å². The summed E-state index contributed by atoms with van der Waals surface area (Å²) >= 11 is 0. The van der Waals surface area contributed by atoms with Crippen molar-refractivity contribution in [3.05, 3.63) is 60.7 Å². The molecule has 0 radical (unpaired) electrons. The molecule has 0 saturated carbocycles. The highest BCUT2D eigenvalue weighted by atomic mass is 35.5. The van der Waals surface area contributed by atoms with Crippen LogP contribution in [0.2, 0.25) is 0 Å². The summed E-state index contributed by atoms with van der Waals surface area (Å²) in [5.41, 5.74) is 2.65. The molecule has 1 N–H and O–H groups in total. The van der Waals surface area contributed by atoms with Crippen LogP contribution < -0.4 is 17.3 Å². The van der Waals surface area contributed by atoms with Gasteiger partial charge in [0.05, 0.1) is 6.54 Å². The van der Waals surface area contributed by atoms with E-state index in [4.69, 9.17) is 0 Å². The molecule has 0 saturated heterocycles. The van der Waals surface area contributed by atoms with Crippen LogP contribution in [-0.2, 0) is 0 Å². The zero-order chi connectivity index (χ0) is 10.5. The van der Waals surface area contributed by atoms with Crippen molar-refractivity contribution in [1.82, 2.24) is 0 Å². The number of rotatable bonds is 3. The first-order valence-electron chi connectivity index (χ1n) is 5.38. The Balaban J connectivity index is 0.00000128. The topological polar surface area (TPSA) is 4.44 Å². The fraction of sp³-hybridized carbons (Fsp3) is 0.143. The van der Waals surface area contributed by atoms with Gasteiger partial charge >= 0.3 is 0 Å². The third-order valence-electron chi connectivity index (χ3n) is 2.60. The highest BCUT2D eigenvalue weighted by molar-refractivity contribution is 5.37. The average Bonchev–Trinajstić information content (AvgIpc) is 2.33. The summed E-state index contributed by atoms with van der Waals surface area (Å²) in [7, 11) is 0. The molecule has 0 atom stereocenters. The number of quaternary nitrogens is 1. The molecule has 0 fully saturated rings. The van der Waals surface area contributed by atoms with E-state index in [0.717, 1.165) is 6.54 Å². The lowest BCUT2D eigenvalue weighted by Gasteiger charge is -2.16. The van der Waals surface area contributed by atoms with Gasteiger partial charge in [-0.05, 0) is 31.2 Å². The Hall–Kier alpha value is -1.31. The first kappa shape index (κ1) is 12.8. The van der Waals surface area contributed by atoms with E-state index in [1.165, 1.54) is 16.3 Å². The van der Waals surface area contributed by atoms with Crippen molar-refractivity contribution in [2.75, 3.05) is 6.54 Å². The van der Waals surface area contributed by atoms with E-state index >= 15 is 0 Å². The Bertz CT molecular complexity index is 360. The summed E-state index contributed by atoms with van der Waals surface area (Å²) in [6, 6.07) is 21.2. The molecule has 0 aliphatic heterocycles. The number of hydrogen-bond donors (Lipinski definition) is 1. The van der Waals surface area contributed by atoms with E-state index in [2.05, 4.69) is 67.6 Å². The minimum absolute atomic E-state index is 0. The molecule has 0 aliphatic carbocycles. The van der Waals surface area contributed by atoms with Crippen molar-refractivity contribution >= 4 is 11.4 Å². The van der Waals surface area contributed by atoms with E-state index in [9.17, 15) is 0 Å². The Labute approximate surface area is 103 Å². The van der Waals surface area contributed by atoms with Gasteiger partial charge in [-0.3, -0.25) is 4.90 Å². The zero-order valence-electron chi connectivity index (χ0n) is 9.36. The maximum absolute atomic E-state index is 2.20. The molecule has 0 bridgehead atoms. The number of benzene rings is 2. The fourth-order valence-electron chi connectivity index (χ4n) is 1.85. The molecule has 2 rings (SSSR count). The van der Waals surface area contributed by atoms with Gasteiger partial charge in [-0.2, -0.15) is 0 Å². The van der Waals surface area contributed by atoms with E-state index in [1.807, 2.05) is 0 Å². The second-order valence-electron chi connectivity index (χ2n) is 3.56. The van der Waals surface area contributed by atoms with Gasteiger partial charge < -0.3 is 12.4 Å². The summed E-state index contributed by atoms with van der Waals surface area (Å²) in [5, 5.41) is 0. The number of halogens is 1. The number of hydrogen-bond acceptors (Lipinski definition) is 0. The van der Waals surface area contributed by atoms with Crippen LogP contribution >= 0.6 is 0 Å². The second-order valence-corrected chi connectivity index (χ2v) is 3.56. The van der Waals surface area contributed by atoms with Crippen molar-refractivity contribution < 1.29 is 17.3 Å². The van der Waals surface area contributed by atoms with Crippen LogP contribution in [0, 0.1) is 0 Å². The first-order valence-corrected chi connectivity index (χ1v) is 5.38. The van der Waals surface area contributed by atoms with Crippen LogP contribution in [-0.4, -0.2) is 6.54 Å². The lowest BCUT2D eigenvalue weighted by atomic mass is 10.2. The Kier molecular flexibility index (Phi) is 5.03. The molecule has 0 aromatic heterocycles. The molecular weight excluding hydrogens is 218 g/mol. The minimum atomic E-state index is 0. The van der Waals surface area contributed by atoms with Crippen molar-refractivity contribution in [3.63, 3.8) is 0 Å². The third kappa shape index (κ3) is 2.84. The monoisotopic (exact) mass is 233 g/mol. The van der Waals surface area contributed by atoms with Gasteiger partial charge in [-0.1, -0.05) is 36.4 Å². The van der Waals surface area contributed by atoms with E-state index in [0.29, 0.717) is 0 Å². The molecule has 0 spiro atoms. The molecule has 0 heterocycles. The molecule has 2 aromatic rings. The summed E-state index contributed by atoms with van der Waals surface area (Å²) in [5.74, 6) is 0. The maximum Gasteiger partial charge on any atom is 0.136 e. The van der Waals surface area contributed by atoms with Gasteiger partial charge in [0, 0.05) is 0 Å². The Morgan fingerprint density at radius 3 is 1.44 bits per heavy atom. The number of para-hydroxylation sites is 2. The highest BCUT2D eigenvalue weighted by Crippen LogP contribution is 2.06. The van der Waals surface area contributed by atoms with E-state index in [1.54, 1.807) is 0 Å². The smallest absolute Gasteiger partial charge is 0.136 e. The molecule has 84 valence electrons. The highest BCUT2D eigenvalue weighted by Gasteiger charge is 2.11. The molecule has 0 aliphatic rings. The number of nitrogens with one attached hydrogen (secondary N) is 1. The molecule has 2 heteroatoms. The van der Waals surface area contributed by atoms with Crippen LogP contribution in [0.25, 0.3) is 0 Å². The quantitative estimate of drug-likeness (QED) is 0.733. The summed E-state index contributed by atoms with van der Waals surface area (Å²) < 4.78 is 0. The zero-order valence-corrected chi connectivity index (χ0v) is 10.1. The molecule has 0 amide bonds. The van der Waals surface area contributed by atoms with E-state index in [-0.39, 0.29) is 12.4 Å². The second kappa shape index (κ2) is 6.31. The lowest BCUT2D eigenvalue weighted by molar-refractivity contribution is -0.757. The van der Waals surface area contributed by atoms with Crippen molar-refractivity contribution in [3.8, 4) is 0 Å². The van der Waals surface area contributed by atoms with Crippen LogP contribution in [0.15, 0.2) is 60.7 Å². The standard InChI is InChI=1S/C14H15N.ClH/c1-2-15(13-9-5-3-6-10-13)14-11-7-4-8-12-14;/h3-12H,2H2,1H3;1H. The fourth-order valence-corrected chi connectivity index (χ4v) is 1.85. The average molecular weight is 234 g/mol. The molecule has 1 nitrogen and oxygen atoms in total. The van der Waals surface area contributed by atoms with E-state index < -0.39 is 0 Å². The Morgan fingerprint density at radius 2 is 1.12 bits per heavy atom.